The Labute approximate surface area is 174 Å². The van der Waals surface area contributed by atoms with Gasteiger partial charge in [0.1, 0.15) is 5.60 Å². The van der Waals surface area contributed by atoms with Gasteiger partial charge in [-0.05, 0) is 47.3 Å². The number of hydrogen-bond donors (Lipinski definition) is 2. The second kappa shape index (κ2) is 7.98. The fraction of sp³-hybridized carbons (Fsp3) is 0.500. The number of ether oxygens (including phenoxy) is 2. The molecule has 2 aromatic carbocycles. The van der Waals surface area contributed by atoms with Crippen LogP contribution in [0.5, 0.6) is 0 Å². The summed E-state index contributed by atoms with van der Waals surface area (Å²) in [4.78, 5) is 15.1. The van der Waals surface area contributed by atoms with Crippen LogP contribution in [0.4, 0.5) is 0 Å². The highest BCUT2D eigenvalue weighted by Crippen LogP contribution is 2.42. The monoisotopic (exact) mass is 411 g/mol. The van der Waals surface area contributed by atoms with Crippen LogP contribution in [0.15, 0.2) is 41.5 Å². The zero-order chi connectivity index (χ0) is 21.5. The summed E-state index contributed by atoms with van der Waals surface area (Å²) < 4.78 is 12.0. The van der Waals surface area contributed by atoms with Crippen LogP contribution in [0.1, 0.15) is 43.9 Å². The predicted molar refractivity (Wildman–Crippen MR) is 110 cm³/mol. The number of nitrogens with zero attached hydrogens (tertiary/aromatic N) is 3. The number of rotatable bonds is 4. The number of Topliss-reactive ketones (excluding diaryl/α,β-unsaturated/α-hetero) is 1. The van der Waals surface area contributed by atoms with E-state index in [-0.39, 0.29) is 25.0 Å². The first kappa shape index (κ1) is 20.8. The predicted octanol–water partition coefficient (Wildman–Crippen LogP) is 3.34. The maximum atomic E-state index is 12.2. The van der Waals surface area contributed by atoms with E-state index >= 15 is 0 Å². The van der Waals surface area contributed by atoms with Crippen molar-refractivity contribution >= 4 is 16.6 Å². The number of benzene rings is 2. The Morgan fingerprint density at radius 3 is 2.70 bits per heavy atom. The number of carbonyl (C=O) groups is 1. The van der Waals surface area contributed by atoms with Gasteiger partial charge in [-0.15, -0.1) is 0 Å². The maximum Gasteiger partial charge on any atom is 0.161 e. The molecule has 4 rings (SSSR count). The SMILES string of the molecule is CC(=O)[C@]1(O)Cc2cc3ccccc3cc2[C@@H](O[C@H]2C[C@H](N=[N+]=[N-])[C@H](O)[C@H](C)O2)C1. The molecule has 8 heteroatoms. The fourth-order valence-electron chi connectivity index (χ4n) is 4.43. The van der Waals surface area contributed by atoms with Crippen molar-refractivity contribution in [2.75, 3.05) is 0 Å². The van der Waals surface area contributed by atoms with E-state index in [1.807, 2.05) is 36.4 Å². The van der Waals surface area contributed by atoms with Gasteiger partial charge in [-0.25, -0.2) is 0 Å². The normalized spacial score (nSPS) is 33.5. The third-order valence-corrected chi connectivity index (χ3v) is 6.21. The zero-order valence-electron chi connectivity index (χ0n) is 16.9. The lowest BCUT2D eigenvalue weighted by Gasteiger charge is -2.41. The van der Waals surface area contributed by atoms with Crippen LogP contribution in [0.3, 0.4) is 0 Å². The summed E-state index contributed by atoms with van der Waals surface area (Å²) >= 11 is 0. The number of aliphatic hydroxyl groups excluding tert-OH is 1. The van der Waals surface area contributed by atoms with Crippen LogP contribution in [-0.4, -0.2) is 46.1 Å². The third-order valence-electron chi connectivity index (χ3n) is 6.21. The molecule has 2 N–H and O–H groups in total. The van der Waals surface area contributed by atoms with Crippen molar-refractivity contribution in [1.29, 1.82) is 0 Å². The van der Waals surface area contributed by atoms with Gasteiger partial charge in [-0.3, -0.25) is 4.79 Å². The Morgan fingerprint density at radius 1 is 1.33 bits per heavy atom. The molecule has 30 heavy (non-hydrogen) atoms. The summed E-state index contributed by atoms with van der Waals surface area (Å²) in [5.74, 6) is -0.310. The molecule has 8 nitrogen and oxygen atoms in total. The minimum absolute atomic E-state index is 0.108. The van der Waals surface area contributed by atoms with Gasteiger partial charge in [0.15, 0.2) is 12.1 Å². The van der Waals surface area contributed by atoms with Crippen molar-refractivity contribution in [3.63, 3.8) is 0 Å². The lowest BCUT2D eigenvalue weighted by atomic mass is 9.76. The highest BCUT2D eigenvalue weighted by molar-refractivity contribution is 5.88. The highest BCUT2D eigenvalue weighted by atomic mass is 16.7. The Hall–Kier alpha value is -2.48. The molecular formula is C22H25N3O5. The van der Waals surface area contributed by atoms with Crippen LogP contribution >= 0.6 is 0 Å². The smallest absolute Gasteiger partial charge is 0.161 e. The molecule has 2 aliphatic rings. The van der Waals surface area contributed by atoms with E-state index < -0.39 is 36.2 Å². The Morgan fingerprint density at radius 2 is 2.03 bits per heavy atom. The summed E-state index contributed by atoms with van der Waals surface area (Å²) in [6, 6.07) is 11.2. The van der Waals surface area contributed by atoms with Crippen LogP contribution in [-0.2, 0) is 20.7 Å². The highest BCUT2D eigenvalue weighted by Gasteiger charge is 2.44. The van der Waals surface area contributed by atoms with Crippen molar-refractivity contribution in [3.05, 3.63) is 58.0 Å². The van der Waals surface area contributed by atoms with E-state index in [1.54, 1.807) is 6.92 Å². The minimum Gasteiger partial charge on any atom is -0.390 e. The molecular weight excluding hydrogens is 386 g/mol. The largest absolute Gasteiger partial charge is 0.390 e. The van der Waals surface area contributed by atoms with Crippen LogP contribution in [0.2, 0.25) is 0 Å². The average molecular weight is 411 g/mol. The lowest BCUT2D eigenvalue weighted by molar-refractivity contribution is -0.246. The first-order valence-electron chi connectivity index (χ1n) is 10.1. The van der Waals surface area contributed by atoms with Crippen molar-refractivity contribution in [2.24, 2.45) is 5.11 Å². The van der Waals surface area contributed by atoms with Gasteiger partial charge in [0, 0.05) is 24.2 Å². The van der Waals surface area contributed by atoms with Crippen LogP contribution < -0.4 is 0 Å². The van der Waals surface area contributed by atoms with Gasteiger partial charge in [-0.1, -0.05) is 35.4 Å². The van der Waals surface area contributed by atoms with Gasteiger partial charge in [0.25, 0.3) is 0 Å². The van der Waals surface area contributed by atoms with E-state index in [2.05, 4.69) is 10.0 Å². The zero-order valence-corrected chi connectivity index (χ0v) is 16.9. The number of azide groups is 1. The summed E-state index contributed by atoms with van der Waals surface area (Å²) in [7, 11) is 0. The Balaban J connectivity index is 1.69. The van der Waals surface area contributed by atoms with Crippen molar-refractivity contribution in [1.82, 2.24) is 0 Å². The van der Waals surface area contributed by atoms with Crippen LogP contribution in [0, 0.1) is 0 Å². The summed E-state index contributed by atoms with van der Waals surface area (Å²) in [6.45, 7) is 3.07. The van der Waals surface area contributed by atoms with Gasteiger partial charge in [0.2, 0.25) is 0 Å². The number of aliphatic hydroxyl groups is 2. The van der Waals surface area contributed by atoms with Crippen LogP contribution in [0.25, 0.3) is 21.2 Å². The molecule has 1 aliphatic carbocycles. The standard InChI is InChI=1S/C22H25N3O5/c1-12-21(27)18(24-25-23)9-20(29-12)30-19-11-22(28,13(2)26)10-16-7-14-5-3-4-6-15(14)8-17(16)19/h3-8,12,18-21,27-28H,9-11H2,1-2H3/t12-,18-,19-,20-,21+,22-/m0/s1. The summed E-state index contributed by atoms with van der Waals surface area (Å²) in [5, 5.41) is 26.9. The molecule has 0 radical (unpaired) electrons. The van der Waals surface area contributed by atoms with E-state index in [0.717, 1.165) is 21.9 Å². The second-order valence-corrected chi connectivity index (χ2v) is 8.26. The van der Waals surface area contributed by atoms with Gasteiger partial charge >= 0.3 is 0 Å². The molecule has 0 spiro atoms. The average Bonchev–Trinajstić information content (AvgIpc) is 2.70. The number of carbonyl (C=O) groups excluding carboxylic acids is 1. The Kier molecular flexibility index (Phi) is 5.53. The van der Waals surface area contributed by atoms with E-state index in [4.69, 9.17) is 15.0 Å². The molecule has 0 aromatic heterocycles. The minimum atomic E-state index is -1.52. The topological polar surface area (TPSA) is 125 Å². The first-order chi connectivity index (χ1) is 14.3. The molecule has 0 bridgehead atoms. The van der Waals surface area contributed by atoms with Crippen molar-refractivity contribution in [2.45, 2.75) is 69.4 Å². The first-order valence-corrected chi connectivity index (χ1v) is 10.1. The molecule has 1 heterocycles. The molecule has 1 fully saturated rings. The number of ketones is 1. The summed E-state index contributed by atoms with van der Waals surface area (Å²) in [6.07, 6.45) is -2.29. The molecule has 0 amide bonds. The number of hydrogen-bond acceptors (Lipinski definition) is 6. The van der Waals surface area contributed by atoms with Gasteiger partial charge < -0.3 is 19.7 Å². The van der Waals surface area contributed by atoms with E-state index in [9.17, 15) is 15.0 Å². The van der Waals surface area contributed by atoms with Crippen molar-refractivity contribution < 1.29 is 24.5 Å². The molecule has 0 saturated carbocycles. The maximum absolute atomic E-state index is 12.2. The van der Waals surface area contributed by atoms with Crippen molar-refractivity contribution in [3.8, 4) is 0 Å². The van der Waals surface area contributed by atoms with Gasteiger partial charge in [0.05, 0.1) is 24.4 Å². The Bertz CT molecular complexity index is 1020. The summed E-state index contributed by atoms with van der Waals surface area (Å²) in [5.41, 5.74) is 9.03. The quantitative estimate of drug-likeness (QED) is 0.453. The molecule has 0 unspecified atom stereocenters. The lowest BCUT2D eigenvalue weighted by Crippen LogP contribution is -2.49. The van der Waals surface area contributed by atoms with E-state index in [0.29, 0.717) is 0 Å². The molecule has 2 aromatic rings. The second-order valence-electron chi connectivity index (χ2n) is 8.26. The molecule has 1 aliphatic heterocycles. The molecule has 158 valence electrons. The van der Waals surface area contributed by atoms with E-state index in [1.165, 1.54) is 6.92 Å². The molecule has 6 atom stereocenters. The number of fused-ring (bicyclic) bond motifs is 2. The van der Waals surface area contributed by atoms with Gasteiger partial charge in [-0.2, -0.15) is 0 Å². The fourth-order valence-corrected chi connectivity index (χ4v) is 4.43. The molecule has 1 saturated heterocycles. The third kappa shape index (κ3) is 3.80.